The Hall–Kier alpha value is -4.04. The Morgan fingerprint density at radius 1 is 0.898 bits per heavy atom. The maximum atomic E-state index is 13.7. The number of anilines is 1. The summed E-state index contributed by atoms with van der Waals surface area (Å²) in [7, 11) is -0.540. The number of benzene rings is 2. The van der Waals surface area contributed by atoms with Crippen LogP contribution in [0.25, 0.3) is 5.65 Å². The summed E-state index contributed by atoms with van der Waals surface area (Å²) in [5.74, 6) is 5.66. The second-order valence-corrected chi connectivity index (χ2v) is 22.0. The predicted octanol–water partition coefficient (Wildman–Crippen LogP) is 7.55. The topological polar surface area (TPSA) is 98.6 Å². The third-order valence-corrected chi connectivity index (χ3v) is 15.8. The van der Waals surface area contributed by atoms with Gasteiger partial charge in [0.1, 0.15) is 16.3 Å². The number of alkyl carbamates (subject to hydrolysis) is 1. The van der Waals surface area contributed by atoms with Gasteiger partial charge in [0, 0.05) is 37.2 Å². The van der Waals surface area contributed by atoms with Gasteiger partial charge in [0.05, 0.1) is 38.7 Å². The van der Waals surface area contributed by atoms with E-state index >= 15 is 0 Å². The summed E-state index contributed by atoms with van der Waals surface area (Å²) in [5, 5.41) is 8.32. The van der Waals surface area contributed by atoms with Crippen LogP contribution in [0.2, 0.25) is 5.04 Å². The molecule has 1 saturated heterocycles. The first-order valence-electron chi connectivity index (χ1n) is 20.0. The molecule has 0 aliphatic carbocycles. The number of alkyl halides is 3. The number of nitrogens with one attached hydrogen (secondary N) is 2. The SMILES string of the molecule is CN1CCC(Nc2cccn3c(SC(F)(F)F)c(C#CCNC(=O)OC(C)(C)C)nc23)C(CCOCCOCCO[Si](c2ccccc2)(c2ccccc2)C(C)(C)C)C1. The van der Waals surface area contributed by atoms with E-state index in [0.717, 1.165) is 25.9 Å². The Morgan fingerprint density at radius 3 is 2.14 bits per heavy atom. The van der Waals surface area contributed by atoms with Gasteiger partial charge in [-0.05, 0) is 86.6 Å². The molecule has 0 spiro atoms. The van der Waals surface area contributed by atoms with Crippen LogP contribution in [-0.4, -0.2) is 106 Å². The predicted molar refractivity (Wildman–Crippen MR) is 231 cm³/mol. The lowest BCUT2D eigenvalue weighted by molar-refractivity contribution is -0.0330. The standard InChI is InChI=1S/C44H58F3N5O5SSi/c1-42(2,3)57-41(53)48-24-14-20-38-40(58-44(45,46)47)52-25-15-21-37(39(52)50-38)49-36-22-26-51(7)32-33(36)23-27-54-28-29-55-30-31-56-59(43(4,5)6,34-16-10-8-11-17-34)35-18-12-9-13-19-35/h8-13,15-19,21,25,33,36,49H,22-24,26-32H2,1-7H3,(H,48,53). The fourth-order valence-electron chi connectivity index (χ4n) is 7.47. The number of thioether (sulfide) groups is 1. The van der Waals surface area contributed by atoms with Crippen LogP contribution in [0.1, 0.15) is 60.1 Å². The number of fused-ring (bicyclic) bond motifs is 1. The number of nitrogens with zero attached hydrogens (tertiary/aromatic N) is 3. The van der Waals surface area contributed by atoms with Crippen molar-refractivity contribution in [2.24, 2.45) is 5.92 Å². The second kappa shape index (κ2) is 20.5. The molecule has 2 N–H and O–H groups in total. The minimum absolute atomic E-state index is 0.0299. The Bertz CT molecular complexity index is 1970. The van der Waals surface area contributed by atoms with E-state index in [1.54, 1.807) is 33.0 Å². The molecule has 1 aliphatic heterocycles. The number of pyridine rings is 1. The number of halogens is 3. The summed E-state index contributed by atoms with van der Waals surface area (Å²) in [6, 6.07) is 24.7. The van der Waals surface area contributed by atoms with Gasteiger partial charge in [0.25, 0.3) is 8.32 Å². The number of carbonyl (C=O) groups excluding carboxylic acids is 1. The van der Waals surface area contributed by atoms with Crippen molar-refractivity contribution in [3.05, 3.63) is 84.7 Å². The zero-order valence-corrected chi connectivity index (χ0v) is 37.0. The molecule has 15 heteroatoms. The molecule has 10 nitrogen and oxygen atoms in total. The van der Waals surface area contributed by atoms with E-state index < -0.39 is 25.5 Å². The Kier molecular flexibility index (Phi) is 16.0. The van der Waals surface area contributed by atoms with Gasteiger partial charge in [-0.3, -0.25) is 4.40 Å². The second-order valence-electron chi connectivity index (χ2n) is 16.7. The molecule has 2 atom stereocenters. The van der Waals surface area contributed by atoms with Gasteiger partial charge in [-0.1, -0.05) is 87.4 Å². The number of carbonyl (C=O) groups is 1. The van der Waals surface area contributed by atoms with Gasteiger partial charge in [0.2, 0.25) is 0 Å². The minimum Gasteiger partial charge on any atom is -0.444 e. The summed E-state index contributed by atoms with van der Waals surface area (Å²) in [5.41, 5.74) is -4.33. The van der Waals surface area contributed by atoms with Crippen LogP contribution in [0, 0.1) is 17.8 Å². The summed E-state index contributed by atoms with van der Waals surface area (Å²) < 4.78 is 66.8. The number of aromatic nitrogens is 2. The summed E-state index contributed by atoms with van der Waals surface area (Å²) in [6.07, 6.45) is 2.50. The molecule has 0 saturated carbocycles. The number of hydrogen-bond donors (Lipinski definition) is 2. The largest absolute Gasteiger partial charge is 0.447 e. The van der Waals surface area contributed by atoms with Crippen LogP contribution < -0.4 is 21.0 Å². The fourth-order valence-corrected chi connectivity index (χ4v) is 12.7. The monoisotopic (exact) mass is 853 g/mol. The maximum Gasteiger partial charge on any atom is 0.447 e. The number of imidazole rings is 1. The molecule has 1 amide bonds. The number of hydrogen-bond acceptors (Lipinski definition) is 9. The van der Waals surface area contributed by atoms with Crippen molar-refractivity contribution in [2.45, 2.75) is 81.6 Å². The molecule has 3 heterocycles. The average molecular weight is 854 g/mol. The van der Waals surface area contributed by atoms with Crippen molar-refractivity contribution in [1.29, 1.82) is 0 Å². The highest BCUT2D eigenvalue weighted by atomic mass is 32.2. The molecule has 2 unspecified atom stereocenters. The molecule has 1 aliphatic rings. The lowest BCUT2D eigenvalue weighted by Crippen LogP contribution is -2.66. The molecule has 0 bridgehead atoms. The van der Waals surface area contributed by atoms with E-state index in [9.17, 15) is 18.0 Å². The Morgan fingerprint density at radius 2 is 1.53 bits per heavy atom. The highest BCUT2D eigenvalue weighted by Crippen LogP contribution is 2.40. The maximum absolute atomic E-state index is 13.7. The summed E-state index contributed by atoms with van der Waals surface area (Å²) in [6.45, 7) is 15.9. The van der Waals surface area contributed by atoms with Gasteiger partial charge < -0.3 is 34.2 Å². The van der Waals surface area contributed by atoms with Crippen LogP contribution in [-0.2, 0) is 18.6 Å². The van der Waals surface area contributed by atoms with Crippen molar-refractivity contribution in [2.75, 3.05) is 65.0 Å². The third-order valence-electron chi connectivity index (χ3n) is 9.99. The molecule has 4 aromatic rings. The first-order valence-corrected chi connectivity index (χ1v) is 22.8. The highest BCUT2D eigenvalue weighted by Gasteiger charge is 2.50. The van der Waals surface area contributed by atoms with Crippen LogP contribution in [0.3, 0.4) is 0 Å². The normalized spacial score (nSPS) is 16.7. The zero-order chi connectivity index (χ0) is 42.7. The molecule has 1 fully saturated rings. The van der Waals surface area contributed by atoms with E-state index in [0.29, 0.717) is 44.4 Å². The number of ether oxygens (including phenoxy) is 3. The first kappa shape index (κ1) is 46.0. The number of piperidine rings is 1. The van der Waals surface area contributed by atoms with E-state index in [4.69, 9.17) is 18.6 Å². The quantitative estimate of drug-likeness (QED) is 0.0513. The van der Waals surface area contributed by atoms with E-state index in [1.165, 1.54) is 14.8 Å². The third kappa shape index (κ3) is 13.0. The van der Waals surface area contributed by atoms with Crippen molar-refractivity contribution in [3.63, 3.8) is 0 Å². The number of amides is 1. The van der Waals surface area contributed by atoms with Crippen molar-refractivity contribution >= 4 is 47.9 Å². The zero-order valence-electron chi connectivity index (χ0n) is 35.2. The van der Waals surface area contributed by atoms with Gasteiger partial charge in [-0.2, -0.15) is 13.2 Å². The molecule has 59 heavy (non-hydrogen) atoms. The molecule has 5 rings (SSSR count). The Labute approximate surface area is 352 Å². The fraction of sp³-hybridized carbons (Fsp3) is 0.500. The van der Waals surface area contributed by atoms with Gasteiger partial charge in [0.15, 0.2) is 5.65 Å². The van der Waals surface area contributed by atoms with E-state index in [1.807, 2.05) is 18.2 Å². The molecule has 2 aromatic heterocycles. The molecule has 320 valence electrons. The molecular weight excluding hydrogens is 796 g/mol. The van der Waals surface area contributed by atoms with Crippen molar-refractivity contribution < 1.29 is 36.6 Å². The van der Waals surface area contributed by atoms with E-state index in [2.05, 4.69) is 109 Å². The highest BCUT2D eigenvalue weighted by molar-refractivity contribution is 8.00. The van der Waals surface area contributed by atoms with Crippen LogP contribution in [0.15, 0.2) is 84.0 Å². The summed E-state index contributed by atoms with van der Waals surface area (Å²) in [4.78, 5) is 18.9. The first-order chi connectivity index (χ1) is 28.0. The van der Waals surface area contributed by atoms with Gasteiger partial charge >= 0.3 is 11.6 Å². The van der Waals surface area contributed by atoms with Crippen molar-refractivity contribution in [1.82, 2.24) is 19.6 Å². The molecular formula is C44H58F3N5O5SSi. The van der Waals surface area contributed by atoms with Gasteiger partial charge in [-0.15, -0.1) is 0 Å². The lowest BCUT2D eigenvalue weighted by atomic mass is 9.89. The van der Waals surface area contributed by atoms with Gasteiger partial charge in [-0.25, -0.2) is 9.78 Å². The summed E-state index contributed by atoms with van der Waals surface area (Å²) >= 11 is -0.268. The number of likely N-dealkylation sites (tertiary alicyclic amines) is 1. The van der Waals surface area contributed by atoms with Crippen LogP contribution in [0.4, 0.5) is 23.7 Å². The Balaban J connectivity index is 1.16. The van der Waals surface area contributed by atoms with E-state index in [-0.39, 0.29) is 46.0 Å². The minimum atomic E-state index is -4.56. The van der Waals surface area contributed by atoms with Crippen molar-refractivity contribution in [3.8, 4) is 11.8 Å². The molecule has 2 aromatic carbocycles. The lowest BCUT2D eigenvalue weighted by Gasteiger charge is -2.43. The average Bonchev–Trinajstić information content (AvgIpc) is 3.51. The number of rotatable bonds is 16. The smallest absolute Gasteiger partial charge is 0.444 e. The van der Waals surface area contributed by atoms with Crippen LogP contribution in [0.5, 0.6) is 0 Å². The molecule has 0 radical (unpaired) electrons. The van der Waals surface area contributed by atoms with Crippen LogP contribution >= 0.6 is 11.8 Å².